The van der Waals surface area contributed by atoms with Crippen LogP contribution in [0.4, 0.5) is 4.39 Å². The fourth-order valence-corrected chi connectivity index (χ4v) is 2.97. The zero-order chi connectivity index (χ0) is 13.0. The van der Waals surface area contributed by atoms with Gasteiger partial charge in [0.1, 0.15) is 5.82 Å². The van der Waals surface area contributed by atoms with E-state index in [4.69, 9.17) is 0 Å². The van der Waals surface area contributed by atoms with E-state index in [1.54, 1.807) is 12.1 Å². The maximum atomic E-state index is 13.1. The van der Waals surface area contributed by atoms with E-state index < -0.39 is 0 Å². The van der Waals surface area contributed by atoms with Gasteiger partial charge in [0.25, 0.3) is 0 Å². The number of benzene rings is 1. The van der Waals surface area contributed by atoms with E-state index in [2.05, 4.69) is 32.1 Å². The minimum Gasteiger partial charge on any atom is -0.207 e. The Morgan fingerprint density at radius 2 is 1.72 bits per heavy atom. The Morgan fingerprint density at radius 3 is 2.22 bits per heavy atom. The highest BCUT2D eigenvalue weighted by molar-refractivity contribution is 5.42. The highest BCUT2D eigenvalue weighted by Gasteiger charge is 2.31. The molecule has 1 aromatic rings. The third-order valence-electron chi connectivity index (χ3n) is 4.15. The van der Waals surface area contributed by atoms with Crippen LogP contribution in [0.2, 0.25) is 0 Å². The molecule has 0 amide bonds. The summed E-state index contributed by atoms with van der Waals surface area (Å²) in [6.45, 7) is 4.44. The average molecular weight is 244 g/mol. The quantitative estimate of drug-likeness (QED) is 0.686. The molecule has 0 fully saturated rings. The van der Waals surface area contributed by atoms with Gasteiger partial charge in [-0.15, -0.1) is 0 Å². The van der Waals surface area contributed by atoms with Crippen LogP contribution in [0, 0.1) is 5.82 Å². The van der Waals surface area contributed by atoms with Crippen molar-refractivity contribution in [2.75, 3.05) is 0 Å². The second kappa shape index (κ2) is 5.51. The largest absolute Gasteiger partial charge is 0.207 e. The fraction of sp³-hybridized carbons (Fsp3) is 0.412. The first-order valence-electron chi connectivity index (χ1n) is 6.86. The summed E-state index contributed by atoms with van der Waals surface area (Å²) in [5.41, 5.74) is 2.67. The number of halogens is 1. The van der Waals surface area contributed by atoms with Gasteiger partial charge >= 0.3 is 0 Å². The van der Waals surface area contributed by atoms with Gasteiger partial charge in [-0.3, -0.25) is 0 Å². The Hall–Kier alpha value is -1.37. The lowest BCUT2D eigenvalue weighted by Gasteiger charge is -2.35. The lowest BCUT2D eigenvalue weighted by atomic mass is 9.69. The van der Waals surface area contributed by atoms with Crippen molar-refractivity contribution in [2.45, 2.75) is 44.9 Å². The average Bonchev–Trinajstić information content (AvgIpc) is 2.44. The molecule has 0 saturated heterocycles. The van der Waals surface area contributed by atoms with Crippen LogP contribution in [-0.2, 0) is 5.41 Å². The standard InChI is InChI=1S/C17H21F/c1-3-17(4-2,14-8-6-5-7-9-14)15-10-12-16(18)13-11-15/h6,8-13H,3-5,7H2,1-2H3. The number of hydrogen-bond acceptors (Lipinski definition) is 0. The van der Waals surface area contributed by atoms with Crippen LogP contribution in [0.25, 0.3) is 0 Å². The van der Waals surface area contributed by atoms with Crippen molar-refractivity contribution in [3.8, 4) is 0 Å². The molecule has 96 valence electrons. The lowest BCUT2D eigenvalue weighted by Crippen LogP contribution is -2.27. The van der Waals surface area contributed by atoms with Crippen LogP contribution >= 0.6 is 0 Å². The molecule has 0 nitrogen and oxygen atoms in total. The smallest absolute Gasteiger partial charge is 0.123 e. The molecule has 0 bridgehead atoms. The van der Waals surface area contributed by atoms with Crippen molar-refractivity contribution < 1.29 is 4.39 Å². The molecule has 2 rings (SSSR count). The summed E-state index contributed by atoms with van der Waals surface area (Å²) in [5, 5.41) is 0. The molecule has 0 aliphatic heterocycles. The monoisotopic (exact) mass is 244 g/mol. The van der Waals surface area contributed by atoms with Crippen molar-refractivity contribution in [1.29, 1.82) is 0 Å². The van der Waals surface area contributed by atoms with E-state index in [9.17, 15) is 4.39 Å². The highest BCUT2D eigenvalue weighted by Crippen LogP contribution is 2.40. The Balaban J connectivity index is 2.46. The first-order valence-corrected chi connectivity index (χ1v) is 6.86. The van der Waals surface area contributed by atoms with Gasteiger partial charge in [0.15, 0.2) is 0 Å². The third-order valence-corrected chi connectivity index (χ3v) is 4.15. The second-order valence-electron chi connectivity index (χ2n) is 4.94. The molecule has 0 saturated carbocycles. The summed E-state index contributed by atoms with van der Waals surface area (Å²) >= 11 is 0. The molecular formula is C17H21F. The van der Waals surface area contributed by atoms with Crippen LogP contribution in [0.1, 0.15) is 45.1 Å². The van der Waals surface area contributed by atoms with Gasteiger partial charge in [0, 0.05) is 5.41 Å². The molecule has 0 spiro atoms. The molecule has 0 N–H and O–H groups in total. The molecule has 18 heavy (non-hydrogen) atoms. The van der Waals surface area contributed by atoms with Crippen LogP contribution < -0.4 is 0 Å². The summed E-state index contributed by atoms with van der Waals surface area (Å²) in [6.07, 6.45) is 11.2. The van der Waals surface area contributed by atoms with Crippen LogP contribution in [0.3, 0.4) is 0 Å². The Morgan fingerprint density at radius 1 is 1.06 bits per heavy atom. The zero-order valence-corrected chi connectivity index (χ0v) is 11.2. The van der Waals surface area contributed by atoms with Crippen molar-refractivity contribution in [1.82, 2.24) is 0 Å². The summed E-state index contributed by atoms with van der Waals surface area (Å²) < 4.78 is 13.1. The first-order chi connectivity index (χ1) is 8.73. The van der Waals surface area contributed by atoms with Crippen LogP contribution in [-0.4, -0.2) is 0 Å². The fourth-order valence-electron chi connectivity index (χ4n) is 2.97. The molecule has 0 unspecified atom stereocenters. The first kappa shape index (κ1) is 13.1. The predicted molar refractivity (Wildman–Crippen MR) is 75.1 cm³/mol. The van der Waals surface area contributed by atoms with E-state index in [0.717, 1.165) is 25.7 Å². The minimum atomic E-state index is -0.159. The van der Waals surface area contributed by atoms with Gasteiger partial charge in [-0.2, -0.15) is 0 Å². The Kier molecular flexibility index (Phi) is 4.00. The van der Waals surface area contributed by atoms with Gasteiger partial charge in [-0.25, -0.2) is 4.39 Å². The topological polar surface area (TPSA) is 0 Å². The molecule has 0 atom stereocenters. The Bertz CT molecular complexity index is 447. The van der Waals surface area contributed by atoms with Crippen LogP contribution in [0.5, 0.6) is 0 Å². The molecule has 1 aliphatic rings. The van der Waals surface area contributed by atoms with E-state index in [1.165, 1.54) is 11.1 Å². The van der Waals surface area contributed by atoms with Crippen LogP contribution in [0.15, 0.2) is 48.1 Å². The van der Waals surface area contributed by atoms with Crippen molar-refractivity contribution in [3.05, 3.63) is 59.4 Å². The maximum absolute atomic E-state index is 13.1. The summed E-state index contributed by atoms with van der Waals surface area (Å²) in [7, 11) is 0. The molecule has 0 radical (unpaired) electrons. The van der Waals surface area contributed by atoms with Crippen molar-refractivity contribution >= 4 is 0 Å². The van der Waals surface area contributed by atoms with E-state index >= 15 is 0 Å². The van der Waals surface area contributed by atoms with Gasteiger partial charge in [-0.05, 0) is 49.0 Å². The number of rotatable bonds is 4. The van der Waals surface area contributed by atoms with Gasteiger partial charge in [0.2, 0.25) is 0 Å². The van der Waals surface area contributed by atoms with E-state index in [-0.39, 0.29) is 11.2 Å². The molecule has 1 heteroatoms. The Labute approximate surface area is 109 Å². The SMILES string of the molecule is CCC(CC)(C1=CCCC=C1)c1ccc(F)cc1. The molecular weight excluding hydrogens is 223 g/mol. The summed E-state index contributed by atoms with van der Waals surface area (Å²) in [6, 6.07) is 7.02. The number of allylic oxidation sites excluding steroid dienone is 4. The van der Waals surface area contributed by atoms with Gasteiger partial charge in [-0.1, -0.05) is 44.2 Å². The molecule has 1 aliphatic carbocycles. The summed E-state index contributed by atoms with van der Waals surface area (Å²) in [5.74, 6) is -0.159. The van der Waals surface area contributed by atoms with Crippen molar-refractivity contribution in [3.63, 3.8) is 0 Å². The molecule has 0 heterocycles. The van der Waals surface area contributed by atoms with E-state index in [1.807, 2.05) is 12.1 Å². The third kappa shape index (κ3) is 2.27. The maximum Gasteiger partial charge on any atom is 0.123 e. The van der Waals surface area contributed by atoms with E-state index in [0.29, 0.717) is 0 Å². The second-order valence-corrected chi connectivity index (χ2v) is 4.94. The van der Waals surface area contributed by atoms with Gasteiger partial charge in [0.05, 0.1) is 0 Å². The van der Waals surface area contributed by atoms with Crippen molar-refractivity contribution in [2.24, 2.45) is 0 Å². The summed E-state index contributed by atoms with van der Waals surface area (Å²) in [4.78, 5) is 0. The zero-order valence-electron chi connectivity index (χ0n) is 11.2. The lowest BCUT2D eigenvalue weighted by molar-refractivity contribution is 0.472. The van der Waals surface area contributed by atoms with Gasteiger partial charge < -0.3 is 0 Å². The molecule has 1 aromatic carbocycles. The molecule has 0 aromatic heterocycles. The number of hydrogen-bond donors (Lipinski definition) is 0. The normalized spacial score (nSPS) is 15.6. The minimum absolute atomic E-state index is 0.0462. The highest BCUT2D eigenvalue weighted by atomic mass is 19.1. The predicted octanol–water partition coefficient (Wildman–Crippen LogP) is 5.16.